The lowest BCUT2D eigenvalue weighted by molar-refractivity contribution is -0.151. The van der Waals surface area contributed by atoms with Gasteiger partial charge in [-0.25, -0.2) is 9.18 Å². The third-order valence-electron chi connectivity index (χ3n) is 1.11. The first kappa shape index (κ1) is 9.83. The fourth-order valence-corrected chi connectivity index (χ4v) is 0.538. The number of hydrogen-bond acceptors (Lipinski definition) is 3. The van der Waals surface area contributed by atoms with E-state index in [2.05, 4.69) is 0 Å². The highest BCUT2D eigenvalue weighted by molar-refractivity contribution is 5.84. The molecule has 0 aromatic rings. The van der Waals surface area contributed by atoms with Crippen LogP contribution in [-0.2, 0) is 9.59 Å². The Morgan fingerprint density at radius 1 is 1.36 bits per heavy atom. The molecule has 0 amide bonds. The highest BCUT2D eigenvalue weighted by Crippen LogP contribution is 1.98. The number of nitrogens with one attached hydrogen (secondary N) is 1. The van der Waals surface area contributed by atoms with Crippen LogP contribution >= 0.6 is 0 Å². The van der Waals surface area contributed by atoms with Crippen LogP contribution in [0.3, 0.4) is 0 Å². The number of hydrogen-bond donors (Lipinski definition) is 3. The summed E-state index contributed by atoms with van der Waals surface area (Å²) in [6.07, 6.45) is -2.42. The average Bonchev–Trinajstić information content (AvgIpc) is 1.88. The highest BCUT2D eigenvalue weighted by atomic mass is 19.1. The fraction of sp³-hybridized carbons (Fsp3) is 0.600. The number of carbonyl (C=O) groups is 2. The van der Waals surface area contributed by atoms with Gasteiger partial charge < -0.3 is 15.5 Å². The van der Waals surface area contributed by atoms with E-state index in [9.17, 15) is 14.0 Å². The van der Waals surface area contributed by atoms with Gasteiger partial charge in [0.15, 0.2) is 0 Å². The molecule has 0 rings (SSSR count). The van der Waals surface area contributed by atoms with Crippen molar-refractivity contribution in [1.82, 2.24) is 5.32 Å². The number of rotatable bonds is 4. The lowest BCUT2D eigenvalue weighted by Gasteiger charge is -2.11. The van der Waals surface area contributed by atoms with Crippen molar-refractivity contribution in [2.75, 3.05) is 7.05 Å². The molecule has 64 valence electrons. The maximum Gasteiger partial charge on any atom is 0.340 e. The monoisotopic (exact) mass is 165 g/mol. The van der Waals surface area contributed by atoms with Crippen LogP contribution in [-0.4, -0.2) is 41.4 Å². The van der Waals surface area contributed by atoms with Gasteiger partial charge in [0, 0.05) is 0 Å². The number of aliphatic carboxylic acids is 2. The van der Waals surface area contributed by atoms with Crippen LogP contribution in [0.5, 0.6) is 0 Å². The van der Waals surface area contributed by atoms with Crippen LogP contribution in [0.4, 0.5) is 4.39 Å². The van der Waals surface area contributed by atoms with Crippen molar-refractivity contribution in [1.29, 1.82) is 0 Å². The van der Waals surface area contributed by atoms with Gasteiger partial charge in [0.2, 0.25) is 6.17 Å². The van der Waals surface area contributed by atoms with E-state index in [0.717, 1.165) is 0 Å². The molecule has 0 aromatic carbocycles. The first-order valence-electron chi connectivity index (χ1n) is 2.77. The van der Waals surface area contributed by atoms with Gasteiger partial charge >= 0.3 is 11.9 Å². The van der Waals surface area contributed by atoms with Gasteiger partial charge in [-0.3, -0.25) is 4.79 Å². The summed E-state index contributed by atoms with van der Waals surface area (Å²) in [5, 5.41) is 18.3. The number of alkyl halides is 1. The van der Waals surface area contributed by atoms with Crippen molar-refractivity contribution < 1.29 is 24.2 Å². The van der Waals surface area contributed by atoms with E-state index in [1.807, 2.05) is 5.32 Å². The van der Waals surface area contributed by atoms with E-state index in [0.29, 0.717) is 0 Å². The van der Waals surface area contributed by atoms with Crippen molar-refractivity contribution in [3.05, 3.63) is 0 Å². The Kier molecular flexibility index (Phi) is 3.46. The SMILES string of the molecule is CN[C@@H](C(=O)O)[C@H](F)C(=O)O. The first-order chi connectivity index (χ1) is 5.00. The average molecular weight is 165 g/mol. The summed E-state index contributed by atoms with van der Waals surface area (Å²) in [5.74, 6) is -3.31. The Morgan fingerprint density at radius 3 is 1.91 bits per heavy atom. The normalized spacial score (nSPS) is 15.5. The van der Waals surface area contributed by atoms with Gasteiger partial charge in [0.1, 0.15) is 6.04 Å². The molecule has 0 unspecified atom stereocenters. The summed E-state index contributed by atoms with van der Waals surface area (Å²) in [4.78, 5) is 20.0. The molecular formula is C5H8FNO4. The number of carboxylic acids is 2. The molecule has 5 nitrogen and oxygen atoms in total. The summed E-state index contributed by atoms with van der Waals surface area (Å²) in [7, 11) is 1.17. The van der Waals surface area contributed by atoms with E-state index in [1.165, 1.54) is 7.05 Å². The van der Waals surface area contributed by atoms with Crippen LogP contribution in [0.15, 0.2) is 0 Å². The third kappa shape index (κ3) is 2.50. The second kappa shape index (κ2) is 3.87. The van der Waals surface area contributed by atoms with E-state index in [1.54, 1.807) is 0 Å². The van der Waals surface area contributed by atoms with Gasteiger partial charge in [-0.1, -0.05) is 0 Å². The van der Waals surface area contributed by atoms with E-state index in [-0.39, 0.29) is 0 Å². The molecule has 0 aliphatic rings. The Hall–Kier alpha value is -1.17. The maximum atomic E-state index is 12.4. The first-order valence-corrected chi connectivity index (χ1v) is 2.77. The predicted molar refractivity (Wildman–Crippen MR) is 33.0 cm³/mol. The minimum atomic E-state index is -2.42. The van der Waals surface area contributed by atoms with Crippen LogP contribution in [0, 0.1) is 0 Å². The van der Waals surface area contributed by atoms with Crippen molar-refractivity contribution >= 4 is 11.9 Å². The Bertz CT molecular complexity index is 172. The lowest BCUT2D eigenvalue weighted by Crippen LogP contribution is -2.45. The zero-order valence-corrected chi connectivity index (χ0v) is 5.74. The molecule has 0 radical (unpaired) electrons. The van der Waals surface area contributed by atoms with Crippen molar-refractivity contribution in [2.24, 2.45) is 0 Å². The van der Waals surface area contributed by atoms with Crippen molar-refractivity contribution in [3.63, 3.8) is 0 Å². The van der Waals surface area contributed by atoms with Crippen LogP contribution in [0.1, 0.15) is 0 Å². The second-order valence-electron chi connectivity index (χ2n) is 1.84. The standard InChI is InChI=1S/C5H8FNO4/c1-7-3(5(10)11)2(6)4(8)9/h2-3,7H,1H3,(H,8,9)(H,10,11)/t2-,3+/m0/s1. The zero-order valence-electron chi connectivity index (χ0n) is 5.74. The van der Waals surface area contributed by atoms with Crippen molar-refractivity contribution in [3.8, 4) is 0 Å². The molecule has 3 N–H and O–H groups in total. The van der Waals surface area contributed by atoms with Crippen LogP contribution in [0.25, 0.3) is 0 Å². The zero-order chi connectivity index (χ0) is 9.02. The number of likely N-dealkylation sites (N-methyl/N-ethyl adjacent to an activating group) is 1. The summed E-state index contributed by atoms with van der Waals surface area (Å²) >= 11 is 0. The smallest absolute Gasteiger partial charge is 0.340 e. The van der Waals surface area contributed by atoms with Gasteiger partial charge in [-0.2, -0.15) is 0 Å². The molecule has 0 spiro atoms. The lowest BCUT2D eigenvalue weighted by atomic mass is 10.2. The number of carboxylic acid groups (broad SMARTS) is 2. The van der Waals surface area contributed by atoms with Crippen LogP contribution in [0.2, 0.25) is 0 Å². The predicted octanol–water partition coefficient (Wildman–Crippen LogP) is -0.918. The minimum absolute atomic E-state index is 1.17. The van der Waals surface area contributed by atoms with E-state index in [4.69, 9.17) is 10.2 Å². The molecule has 0 aliphatic carbocycles. The molecule has 2 atom stereocenters. The quantitative estimate of drug-likeness (QED) is 0.501. The molecule has 0 bridgehead atoms. The molecule has 0 aliphatic heterocycles. The largest absolute Gasteiger partial charge is 0.480 e. The summed E-state index contributed by atoms with van der Waals surface area (Å²) in [5.41, 5.74) is 0. The third-order valence-corrected chi connectivity index (χ3v) is 1.11. The molecular weight excluding hydrogens is 157 g/mol. The Balaban J connectivity index is 4.25. The Labute approximate surface area is 61.8 Å². The molecule has 0 saturated heterocycles. The summed E-state index contributed by atoms with van der Waals surface area (Å²) in [6, 6.07) is -1.69. The van der Waals surface area contributed by atoms with Crippen molar-refractivity contribution in [2.45, 2.75) is 12.2 Å². The molecule has 0 fully saturated rings. The molecule has 6 heteroatoms. The van der Waals surface area contributed by atoms with Crippen LogP contribution < -0.4 is 5.32 Å². The summed E-state index contributed by atoms with van der Waals surface area (Å²) in [6.45, 7) is 0. The molecule has 11 heavy (non-hydrogen) atoms. The molecule has 0 saturated carbocycles. The molecule has 0 heterocycles. The molecule has 0 aromatic heterocycles. The second-order valence-corrected chi connectivity index (χ2v) is 1.84. The minimum Gasteiger partial charge on any atom is -0.480 e. The van der Waals surface area contributed by atoms with Gasteiger partial charge in [-0.05, 0) is 7.05 Å². The van der Waals surface area contributed by atoms with Gasteiger partial charge in [0.25, 0.3) is 0 Å². The number of halogens is 1. The topological polar surface area (TPSA) is 86.6 Å². The highest BCUT2D eigenvalue weighted by Gasteiger charge is 2.32. The van der Waals surface area contributed by atoms with E-state index >= 15 is 0 Å². The maximum absolute atomic E-state index is 12.4. The fourth-order valence-electron chi connectivity index (χ4n) is 0.538. The Morgan fingerprint density at radius 2 is 1.82 bits per heavy atom. The summed E-state index contributed by atoms with van der Waals surface area (Å²) < 4.78 is 12.4. The van der Waals surface area contributed by atoms with Gasteiger partial charge in [0.05, 0.1) is 0 Å². The van der Waals surface area contributed by atoms with Gasteiger partial charge in [-0.15, -0.1) is 0 Å². The van der Waals surface area contributed by atoms with E-state index < -0.39 is 24.2 Å².